The fraction of sp³-hybridized carbons (Fsp3) is 0.615. The Morgan fingerprint density at radius 3 is 2.72 bits per heavy atom. The predicted molar refractivity (Wildman–Crippen MR) is 69.4 cm³/mol. The molecule has 0 spiro atoms. The van der Waals surface area contributed by atoms with Gasteiger partial charge in [-0.1, -0.05) is 0 Å². The molecule has 1 aliphatic rings. The van der Waals surface area contributed by atoms with E-state index in [1.165, 1.54) is 0 Å². The van der Waals surface area contributed by atoms with Gasteiger partial charge in [-0.2, -0.15) is 0 Å². The Kier molecular flexibility index (Phi) is 4.16. The summed E-state index contributed by atoms with van der Waals surface area (Å²) in [5, 5.41) is 22.9. The summed E-state index contributed by atoms with van der Waals surface area (Å²) in [7, 11) is 0. The van der Waals surface area contributed by atoms with E-state index < -0.39 is 0 Å². The molecule has 0 aliphatic carbocycles. The average Bonchev–Trinajstić information content (AvgIpc) is 2.42. The molecule has 1 aromatic rings. The third-order valence-corrected chi connectivity index (χ3v) is 3.65. The lowest BCUT2D eigenvalue weighted by molar-refractivity contribution is 0.179. The molecule has 0 saturated carbocycles. The van der Waals surface area contributed by atoms with Crippen molar-refractivity contribution in [1.82, 2.24) is 15.2 Å². The smallest absolute Gasteiger partial charge is 0.141 e. The number of aliphatic hydroxyl groups is 1. The summed E-state index contributed by atoms with van der Waals surface area (Å²) >= 11 is 0. The van der Waals surface area contributed by atoms with Gasteiger partial charge in [0.25, 0.3) is 0 Å². The van der Waals surface area contributed by atoms with Crippen molar-refractivity contribution in [3.63, 3.8) is 0 Å². The number of piperazine rings is 1. The van der Waals surface area contributed by atoms with Crippen LogP contribution in [-0.2, 0) is 6.61 Å². The zero-order valence-electron chi connectivity index (χ0n) is 11.0. The van der Waals surface area contributed by atoms with Crippen molar-refractivity contribution in [2.75, 3.05) is 26.2 Å². The molecule has 1 aromatic heterocycles. The minimum Gasteiger partial charge on any atom is -0.506 e. The summed E-state index contributed by atoms with van der Waals surface area (Å²) in [6.45, 7) is 7.59. The monoisotopic (exact) mass is 251 g/mol. The topological polar surface area (TPSA) is 68.6 Å². The molecule has 1 saturated heterocycles. The second kappa shape index (κ2) is 5.65. The number of rotatable bonds is 3. The number of aromatic hydroxyl groups is 1. The Hall–Kier alpha value is -1.17. The molecule has 5 nitrogen and oxygen atoms in total. The van der Waals surface area contributed by atoms with Crippen molar-refractivity contribution in [3.8, 4) is 5.75 Å². The van der Waals surface area contributed by atoms with Crippen molar-refractivity contribution in [3.05, 3.63) is 23.0 Å². The number of pyridine rings is 1. The molecule has 1 aliphatic heterocycles. The number of hydrogen-bond donors (Lipinski definition) is 3. The fourth-order valence-corrected chi connectivity index (χ4v) is 2.50. The van der Waals surface area contributed by atoms with Crippen LogP contribution in [0.25, 0.3) is 0 Å². The lowest BCUT2D eigenvalue weighted by Gasteiger charge is -2.34. The van der Waals surface area contributed by atoms with Crippen molar-refractivity contribution in [2.24, 2.45) is 0 Å². The molecule has 0 radical (unpaired) electrons. The summed E-state index contributed by atoms with van der Waals surface area (Å²) < 4.78 is 0. The second-order valence-corrected chi connectivity index (χ2v) is 4.75. The maximum absolute atomic E-state index is 10.2. The number of nitrogens with zero attached hydrogens (tertiary/aromatic N) is 2. The summed E-state index contributed by atoms with van der Waals surface area (Å²) in [6, 6.07) is 0.0935. The van der Waals surface area contributed by atoms with Gasteiger partial charge in [-0.05, 0) is 13.8 Å². The number of aromatic nitrogens is 1. The average molecular weight is 251 g/mol. The second-order valence-electron chi connectivity index (χ2n) is 4.75. The molecule has 0 bridgehead atoms. The first-order valence-corrected chi connectivity index (χ1v) is 6.38. The summed E-state index contributed by atoms with van der Waals surface area (Å²) in [5.41, 5.74) is 2.14. The van der Waals surface area contributed by atoms with Gasteiger partial charge in [-0.25, -0.2) is 0 Å². The lowest BCUT2D eigenvalue weighted by Crippen LogP contribution is -2.44. The van der Waals surface area contributed by atoms with Crippen LogP contribution >= 0.6 is 0 Å². The molecule has 2 heterocycles. The summed E-state index contributed by atoms with van der Waals surface area (Å²) in [6.07, 6.45) is 1.66. The van der Waals surface area contributed by atoms with E-state index >= 15 is 0 Å². The molecule has 3 N–H and O–H groups in total. The van der Waals surface area contributed by atoms with Crippen LogP contribution in [-0.4, -0.2) is 46.3 Å². The van der Waals surface area contributed by atoms with Crippen LogP contribution in [0.4, 0.5) is 0 Å². The van der Waals surface area contributed by atoms with Crippen LogP contribution in [0.1, 0.15) is 29.8 Å². The number of hydrogen-bond acceptors (Lipinski definition) is 5. The van der Waals surface area contributed by atoms with Gasteiger partial charge in [-0.15, -0.1) is 0 Å². The summed E-state index contributed by atoms with van der Waals surface area (Å²) in [4.78, 5) is 6.41. The van der Waals surface area contributed by atoms with Gasteiger partial charge in [0.2, 0.25) is 0 Å². The van der Waals surface area contributed by atoms with E-state index in [1.807, 2.05) is 0 Å². The van der Waals surface area contributed by atoms with Gasteiger partial charge >= 0.3 is 0 Å². The Morgan fingerprint density at radius 1 is 1.44 bits per heavy atom. The molecular weight excluding hydrogens is 230 g/mol. The van der Waals surface area contributed by atoms with Crippen LogP contribution in [0, 0.1) is 6.92 Å². The fourth-order valence-electron chi connectivity index (χ4n) is 2.50. The first-order chi connectivity index (χ1) is 8.65. The van der Waals surface area contributed by atoms with Gasteiger partial charge in [0.15, 0.2) is 0 Å². The van der Waals surface area contributed by atoms with Crippen LogP contribution in [0.3, 0.4) is 0 Å². The highest BCUT2D eigenvalue weighted by atomic mass is 16.3. The third-order valence-electron chi connectivity index (χ3n) is 3.65. The van der Waals surface area contributed by atoms with Crippen molar-refractivity contribution in [1.29, 1.82) is 0 Å². The normalized spacial score (nSPS) is 18.8. The maximum Gasteiger partial charge on any atom is 0.141 e. The van der Waals surface area contributed by atoms with Crippen molar-refractivity contribution >= 4 is 0 Å². The largest absolute Gasteiger partial charge is 0.506 e. The van der Waals surface area contributed by atoms with Gasteiger partial charge in [0.05, 0.1) is 12.3 Å². The number of aryl methyl sites for hydroxylation is 1. The van der Waals surface area contributed by atoms with Gasteiger partial charge in [0, 0.05) is 49.5 Å². The van der Waals surface area contributed by atoms with E-state index in [1.54, 1.807) is 13.1 Å². The molecule has 0 amide bonds. The molecule has 0 unspecified atom stereocenters. The van der Waals surface area contributed by atoms with Crippen LogP contribution in [0.15, 0.2) is 6.20 Å². The first kappa shape index (κ1) is 13.3. The van der Waals surface area contributed by atoms with Crippen molar-refractivity contribution in [2.45, 2.75) is 26.5 Å². The van der Waals surface area contributed by atoms with Crippen molar-refractivity contribution < 1.29 is 10.2 Å². The molecule has 100 valence electrons. The zero-order valence-corrected chi connectivity index (χ0v) is 11.0. The van der Waals surface area contributed by atoms with E-state index in [0.717, 1.165) is 31.7 Å². The Balaban J connectivity index is 2.32. The minimum atomic E-state index is -0.0907. The van der Waals surface area contributed by atoms with E-state index in [4.69, 9.17) is 0 Å². The van der Waals surface area contributed by atoms with E-state index in [9.17, 15) is 10.2 Å². The van der Waals surface area contributed by atoms with Gasteiger partial charge < -0.3 is 15.5 Å². The molecule has 0 aromatic carbocycles. The molecule has 18 heavy (non-hydrogen) atoms. The molecule has 1 atom stereocenters. The zero-order chi connectivity index (χ0) is 13.1. The number of aliphatic hydroxyl groups excluding tert-OH is 1. The highest BCUT2D eigenvalue weighted by Crippen LogP contribution is 2.33. The predicted octanol–water partition coefficient (Wildman–Crippen LogP) is 0.554. The Bertz CT molecular complexity index is 417. The molecule has 1 fully saturated rings. The molecule has 5 heteroatoms. The maximum atomic E-state index is 10.2. The third kappa shape index (κ3) is 2.48. The highest BCUT2D eigenvalue weighted by Gasteiger charge is 2.24. The Labute approximate surface area is 107 Å². The van der Waals surface area contributed by atoms with Crippen LogP contribution in [0.5, 0.6) is 5.75 Å². The Morgan fingerprint density at radius 2 is 2.11 bits per heavy atom. The number of nitrogens with one attached hydrogen (secondary N) is 1. The first-order valence-electron chi connectivity index (χ1n) is 6.38. The van der Waals surface area contributed by atoms with Crippen LogP contribution < -0.4 is 5.32 Å². The molecule has 2 rings (SSSR count). The quantitative estimate of drug-likeness (QED) is 0.732. The van der Waals surface area contributed by atoms with Crippen LogP contribution in [0.2, 0.25) is 0 Å². The van der Waals surface area contributed by atoms with Gasteiger partial charge in [0.1, 0.15) is 5.75 Å². The molecular formula is C13H21N3O2. The SMILES string of the molecule is Cc1ncc(CO)c([C@@H](C)N2CCNCC2)c1O. The highest BCUT2D eigenvalue weighted by molar-refractivity contribution is 5.42. The standard InChI is InChI=1S/C13H21N3O2/c1-9-13(18)12(11(8-17)7-15-9)10(2)16-5-3-14-4-6-16/h7,10,14,17-18H,3-6,8H2,1-2H3/t10-/m1/s1. The lowest BCUT2D eigenvalue weighted by atomic mass is 9.99. The van der Waals surface area contributed by atoms with E-state index in [2.05, 4.69) is 22.1 Å². The summed E-state index contributed by atoms with van der Waals surface area (Å²) in [5.74, 6) is 0.215. The van der Waals surface area contributed by atoms with E-state index in [-0.39, 0.29) is 18.4 Å². The van der Waals surface area contributed by atoms with Gasteiger partial charge in [-0.3, -0.25) is 9.88 Å². The van der Waals surface area contributed by atoms with E-state index in [0.29, 0.717) is 11.3 Å². The minimum absolute atomic E-state index is 0.0907.